The maximum atomic E-state index is 13.8. The van der Waals surface area contributed by atoms with Crippen LogP contribution in [-0.4, -0.2) is 26.3 Å². The molecule has 0 saturated heterocycles. The van der Waals surface area contributed by atoms with Gasteiger partial charge in [-0.2, -0.15) is 0 Å². The van der Waals surface area contributed by atoms with Gasteiger partial charge in [0, 0.05) is 30.0 Å². The number of fused-ring (bicyclic) bond motifs is 1. The summed E-state index contributed by atoms with van der Waals surface area (Å²) in [6.45, 7) is 5.51. The summed E-state index contributed by atoms with van der Waals surface area (Å²) in [5.41, 5.74) is 2.12. The molecule has 210 valence electrons. The summed E-state index contributed by atoms with van der Waals surface area (Å²) in [4.78, 5) is 30.9. The van der Waals surface area contributed by atoms with Crippen molar-refractivity contribution in [3.8, 4) is 17.0 Å². The first-order valence-corrected chi connectivity index (χ1v) is 13.7. The fourth-order valence-electron chi connectivity index (χ4n) is 4.71. The zero-order chi connectivity index (χ0) is 29.0. The lowest BCUT2D eigenvalue weighted by atomic mass is 10.1. The molecule has 8 heteroatoms. The van der Waals surface area contributed by atoms with Gasteiger partial charge in [-0.25, -0.2) is 9.37 Å². The van der Waals surface area contributed by atoms with Crippen molar-refractivity contribution >= 4 is 23.7 Å². The second kappa shape index (κ2) is 11.9. The first-order chi connectivity index (χ1) is 19.7. The van der Waals surface area contributed by atoms with Gasteiger partial charge in [0.2, 0.25) is 0 Å². The number of unbranched alkanes of at least 4 members (excludes halogenated alkanes) is 1. The molecular weight excluding hydrogens is 521 g/mol. The first-order valence-electron chi connectivity index (χ1n) is 13.7. The molecule has 0 radical (unpaired) electrons. The van der Waals surface area contributed by atoms with Gasteiger partial charge in [0.05, 0.1) is 16.3 Å². The molecule has 0 fully saturated rings. The van der Waals surface area contributed by atoms with Crippen LogP contribution in [-0.2, 0) is 16.0 Å². The largest absolute Gasteiger partial charge is 0.460 e. The summed E-state index contributed by atoms with van der Waals surface area (Å²) in [7, 11) is 0. The number of allylic oxidation sites excluding steroid dienone is 2. The molecule has 5 rings (SSSR count). The highest BCUT2D eigenvalue weighted by Gasteiger charge is 2.17. The summed E-state index contributed by atoms with van der Waals surface area (Å²) in [6, 6.07) is 17.4. The Hall–Kier alpha value is -4.59. The molecule has 2 aromatic carbocycles. The van der Waals surface area contributed by atoms with Gasteiger partial charge < -0.3 is 9.26 Å². The van der Waals surface area contributed by atoms with Crippen molar-refractivity contribution in [3.05, 3.63) is 105 Å². The third-order valence-electron chi connectivity index (χ3n) is 6.57. The topological polar surface area (TPSA) is 87.2 Å². The Bertz CT molecular complexity index is 1760. The summed E-state index contributed by atoms with van der Waals surface area (Å²) < 4.78 is 26.3. The van der Waals surface area contributed by atoms with E-state index in [-0.39, 0.29) is 23.8 Å². The molecule has 2 heterocycles. The maximum Gasteiger partial charge on any atom is 0.306 e. The minimum absolute atomic E-state index is 0.236. The average molecular weight is 554 g/mol. The number of aromatic nitrogens is 3. The van der Waals surface area contributed by atoms with E-state index in [0.717, 1.165) is 11.1 Å². The van der Waals surface area contributed by atoms with Crippen molar-refractivity contribution in [3.63, 3.8) is 0 Å². The number of rotatable bonds is 8. The van der Waals surface area contributed by atoms with Crippen LogP contribution in [0.15, 0.2) is 76.1 Å². The van der Waals surface area contributed by atoms with Crippen LogP contribution in [0.5, 0.6) is 0 Å². The van der Waals surface area contributed by atoms with E-state index in [1.807, 2.05) is 75.4 Å². The fourth-order valence-corrected chi connectivity index (χ4v) is 4.71. The second-order valence-electron chi connectivity index (χ2n) is 10.9. The number of ether oxygens (including phenoxy) is 1. The maximum absolute atomic E-state index is 13.8. The van der Waals surface area contributed by atoms with E-state index in [0.29, 0.717) is 59.2 Å². The normalized spacial score (nSPS) is 12.9. The highest BCUT2D eigenvalue weighted by molar-refractivity contribution is 5.88. The van der Waals surface area contributed by atoms with E-state index in [9.17, 15) is 14.0 Å². The molecule has 0 amide bonds. The van der Waals surface area contributed by atoms with Gasteiger partial charge in [-0.1, -0.05) is 47.6 Å². The van der Waals surface area contributed by atoms with Crippen molar-refractivity contribution in [2.45, 2.75) is 58.5 Å². The van der Waals surface area contributed by atoms with E-state index in [4.69, 9.17) is 14.2 Å². The quantitative estimate of drug-likeness (QED) is 0.222. The molecule has 0 bridgehead atoms. The third kappa shape index (κ3) is 6.77. The Labute approximate surface area is 237 Å². The van der Waals surface area contributed by atoms with E-state index >= 15 is 0 Å². The summed E-state index contributed by atoms with van der Waals surface area (Å²) in [6.07, 6.45) is 8.09. The Balaban J connectivity index is 1.49. The standard InChI is InChI=1S/C33H32FN3O4/c1-33(2,3)40-31(38)15-8-7-14-30-35-28-20-23(27-21-29(41-36-27)22-10-5-4-6-11-22)12-9-13-26(28)32(39)37(30)25-18-16-24(34)17-19-25/h4-6,10-13,16-21H,7-9,14-15H2,1-3H3. The molecule has 0 spiro atoms. The number of carbonyl (C=O) groups is 1. The number of hydrogen-bond donors (Lipinski definition) is 0. The molecule has 4 aromatic rings. The molecule has 0 aliphatic heterocycles. The second-order valence-corrected chi connectivity index (χ2v) is 10.9. The van der Waals surface area contributed by atoms with Gasteiger partial charge >= 0.3 is 5.97 Å². The van der Waals surface area contributed by atoms with E-state index in [1.54, 1.807) is 12.1 Å². The van der Waals surface area contributed by atoms with Crippen LogP contribution in [0.25, 0.3) is 34.7 Å². The summed E-state index contributed by atoms with van der Waals surface area (Å²) in [5.74, 6) is 0.525. The molecule has 1 aliphatic rings. The zero-order valence-corrected chi connectivity index (χ0v) is 23.4. The fraction of sp³-hybridized carbons (Fsp3) is 0.273. The number of benzene rings is 2. The van der Waals surface area contributed by atoms with Crippen molar-refractivity contribution < 1.29 is 18.4 Å². The van der Waals surface area contributed by atoms with Crippen LogP contribution in [0.3, 0.4) is 0 Å². The van der Waals surface area contributed by atoms with Crippen LogP contribution in [0.1, 0.15) is 58.0 Å². The van der Waals surface area contributed by atoms with Gasteiger partial charge in [-0.05, 0) is 70.4 Å². The van der Waals surface area contributed by atoms with Gasteiger partial charge in [-0.15, -0.1) is 0 Å². The van der Waals surface area contributed by atoms with Gasteiger partial charge in [0.15, 0.2) is 5.76 Å². The molecular formula is C33H32FN3O4. The minimum Gasteiger partial charge on any atom is -0.460 e. The van der Waals surface area contributed by atoms with Crippen molar-refractivity contribution in [2.24, 2.45) is 0 Å². The highest BCUT2D eigenvalue weighted by atomic mass is 19.1. The lowest BCUT2D eigenvalue weighted by molar-refractivity contribution is -0.154. The van der Waals surface area contributed by atoms with Gasteiger partial charge in [0.1, 0.15) is 22.9 Å². The van der Waals surface area contributed by atoms with Crippen LogP contribution >= 0.6 is 0 Å². The van der Waals surface area contributed by atoms with Gasteiger partial charge in [0.25, 0.3) is 5.56 Å². The van der Waals surface area contributed by atoms with Crippen molar-refractivity contribution in [2.75, 3.05) is 0 Å². The number of nitrogens with zero attached hydrogens (tertiary/aromatic N) is 3. The third-order valence-corrected chi connectivity index (χ3v) is 6.57. The summed E-state index contributed by atoms with van der Waals surface area (Å²) >= 11 is 0. The van der Waals surface area contributed by atoms with E-state index in [2.05, 4.69) is 5.16 Å². The lowest BCUT2D eigenvalue weighted by Crippen LogP contribution is -2.47. The van der Waals surface area contributed by atoms with Crippen LogP contribution in [0.2, 0.25) is 0 Å². The zero-order valence-electron chi connectivity index (χ0n) is 23.4. The Morgan fingerprint density at radius 2 is 1.80 bits per heavy atom. The molecule has 1 aliphatic carbocycles. The number of hydrogen-bond acceptors (Lipinski definition) is 6. The molecule has 7 nitrogen and oxygen atoms in total. The van der Waals surface area contributed by atoms with E-state index < -0.39 is 5.60 Å². The Kier molecular flexibility index (Phi) is 8.10. The molecule has 41 heavy (non-hydrogen) atoms. The number of carbonyl (C=O) groups excluding carboxylic acids is 1. The molecule has 0 N–H and O–H groups in total. The predicted octanol–water partition coefficient (Wildman–Crippen LogP) is 5.13. The van der Waals surface area contributed by atoms with Gasteiger partial charge in [-0.3, -0.25) is 14.2 Å². The lowest BCUT2D eigenvalue weighted by Gasteiger charge is -2.19. The molecule has 0 unspecified atom stereocenters. The van der Waals surface area contributed by atoms with Crippen molar-refractivity contribution in [1.82, 2.24) is 14.7 Å². The molecule has 0 saturated carbocycles. The monoisotopic (exact) mass is 553 g/mol. The summed E-state index contributed by atoms with van der Waals surface area (Å²) in [5, 5.41) is 5.27. The number of aryl methyl sites for hydroxylation is 1. The Morgan fingerprint density at radius 1 is 1.05 bits per heavy atom. The van der Waals surface area contributed by atoms with Crippen LogP contribution in [0.4, 0.5) is 4.39 Å². The average Bonchev–Trinajstić information content (AvgIpc) is 3.33. The predicted molar refractivity (Wildman–Crippen MR) is 156 cm³/mol. The number of esters is 1. The smallest absolute Gasteiger partial charge is 0.306 e. The molecule has 0 atom stereocenters. The highest BCUT2D eigenvalue weighted by Crippen LogP contribution is 2.24. The minimum atomic E-state index is -0.540. The van der Waals surface area contributed by atoms with Crippen molar-refractivity contribution in [1.29, 1.82) is 0 Å². The van der Waals surface area contributed by atoms with Crippen LogP contribution < -0.4 is 16.1 Å². The van der Waals surface area contributed by atoms with Crippen LogP contribution in [0, 0.1) is 5.82 Å². The SMILES string of the molecule is CC(C)(C)OC(=O)CCCCc1nc2c(c(=O)n1-c1ccc(F)cc1)=CCC=C(c1cc(-c3ccccc3)on1)C=2. The molecule has 2 aromatic heterocycles. The van der Waals surface area contributed by atoms with E-state index in [1.165, 1.54) is 16.7 Å². The first kappa shape index (κ1) is 28.0. The number of halogens is 1. The Morgan fingerprint density at radius 3 is 2.54 bits per heavy atom.